The molecule has 2 heterocycles. The van der Waals surface area contributed by atoms with Crippen LogP contribution in [-0.4, -0.2) is 52.1 Å². The van der Waals surface area contributed by atoms with Crippen LogP contribution < -0.4 is 10.0 Å². The number of aryl methyl sites for hydroxylation is 2. The maximum atomic E-state index is 13.6. The quantitative estimate of drug-likeness (QED) is 0.0928. The van der Waals surface area contributed by atoms with Gasteiger partial charge >= 0.3 is 0 Å². The second kappa shape index (κ2) is 18.6. The summed E-state index contributed by atoms with van der Waals surface area (Å²) in [5.41, 5.74) is 7.29. The van der Waals surface area contributed by atoms with Crippen LogP contribution in [0.25, 0.3) is 11.1 Å². The molecular weight excluding hydrogens is 771 g/mol. The molecular formula is C45H47N5O6S2. The van der Waals surface area contributed by atoms with Crippen molar-refractivity contribution in [3.63, 3.8) is 0 Å². The predicted molar refractivity (Wildman–Crippen MR) is 224 cm³/mol. The van der Waals surface area contributed by atoms with E-state index in [0.29, 0.717) is 5.75 Å². The zero-order valence-electron chi connectivity index (χ0n) is 32.6. The van der Waals surface area contributed by atoms with Crippen molar-refractivity contribution in [3.8, 4) is 11.1 Å². The van der Waals surface area contributed by atoms with Gasteiger partial charge in [-0.25, -0.2) is 8.42 Å². The first-order valence-electron chi connectivity index (χ1n) is 19.1. The Morgan fingerprint density at radius 1 is 0.845 bits per heavy atom. The van der Waals surface area contributed by atoms with E-state index >= 15 is 0 Å². The summed E-state index contributed by atoms with van der Waals surface area (Å²) in [6, 6.07) is 38.7. The summed E-state index contributed by atoms with van der Waals surface area (Å²) >= 11 is 1.59. The van der Waals surface area contributed by atoms with Gasteiger partial charge in [-0.1, -0.05) is 133 Å². The van der Waals surface area contributed by atoms with Crippen LogP contribution in [0.1, 0.15) is 52.7 Å². The number of carbonyl (C=O) groups is 1. The number of benzene rings is 5. The summed E-state index contributed by atoms with van der Waals surface area (Å²) in [5.74, 6) is 0.264. The van der Waals surface area contributed by atoms with Gasteiger partial charge in [0.05, 0.1) is 23.7 Å². The third kappa shape index (κ3) is 10.1. The molecule has 3 N–H and O–H groups in total. The zero-order valence-corrected chi connectivity index (χ0v) is 34.2. The second-order valence-electron chi connectivity index (χ2n) is 14.6. The molecule has 0 unspecified atom stereocenters. The van der Waals surface area contributed by atoms with Gasteiger partial charge in [0.15, 0.2) is 11.4 Å². The van der Waals surface area contributed by atoms with Crippen molar-refractivity contribution in [3.05, 3.63) is 167 Å². The Hall–Kier alpha value is -5.15. The number of hydrogen-bond acceptors (Lipinski definition) is 9. The molecule has 1 aliphatic heterocycles. The van der Waals surface area contributed by atoms with Crippen LogP contribution in [0.4, 0.5) is 0 Å². The number of aliphatic hydroxyl groups is 1. The highest BCUT2D eigenvalue weighted by molar-refractivity contribution is 7.99. The summed E-state index contributed by atoms with van der Waals surface area (Å²) < 4.78 is 44.5. The lowest BCUT2D eigenvalue weighted by Gasteiger charge is -2.41. The van der Waals surface area contributed by atoms with Crippen LogP contribution >= 0.6 is 11.8 Å². The molecule has 0 bridgehead atoms. The molecule has 13 heteroatoms. The van der Waals surface area contributed by atoms with Gasteiger partial charge in [0.1, 0.15) is 12.4 Å². The lowest BCUT2D eigenvalue weighted by Crippen LogP contribution is -2.47. The lowest BCUT2D eigenvalue weighted by molar-refractivity contribution is -0.268. The first-order valence-corrected chi connectivity index (χ1v) is 21.6. The molecule has 0 saturated carbocycles. The van der Waals surface area contributed by atoms with Crippen LogP contribution in [0.15, 0.2) is 144 Å². The SMILES string of the molecule is Cc1ccc(S(=O)(=O)N[C@H](Cc2ccccc2)C(=O)NCc2cccc(-c3ccc([C@H]4O[C@@H](CSc5nncn5C)[C@@H](C)[C@@H](c5ccc(CO)cc5)O4)cc3)c2)cc1. The van der Waals surface area contributed by atoms with Crippen molar-refractivity contribution in [2.75, 3.05) is 5.75 Å². The standard InChI is InChI=1S/C45H47N5O6S2/c1-30-12-22-39(23-13-30)58(53,54)49-40(25-32-8-5-4-6-9-32)43(52)46-26-34-10-7-11-38(24-34)35-18-20-37(21-19-35)44-55-41(28-57-45-48-47-29-50(45)3)31(2)42(56-44)36-16-14-33(27-51)15-17-36/h4-24,29,31,40-42,44,49,51H,25-28H2,1-3H3,(H,46,52)/t31-,40-,41+,42+,44+/m1/s1. The van der Waals surface area contributed by atoms with E-state index in [1.807, 2.05) is 122 Å². The fourth-order valence-electron chi connectivity index (χ4n) is 6.89. The Labute approximate surface area is 343 Å². The summed E-state index contributed by atoms with van der Waals surface area (Å²) in [4.78, 5) is 13.7. The van der Waals surface area contributed by atoms with E-state index in [-0.39, 0.29) is 42.6 Å². The van der Waals surface area contributed by atoms with E-state index in [0.717, 1.165) is 49.7 Å². The van der Waals surface area contributed by atoms with Crippen molar-refractivity contribution >= 4 is 27.7 Å². The summed E-state index contributed by atoms with van der Waals surface area (Å²) in [6.07, 6.45) is 0.858. The Morgan fingerprint density at radius 3 is 2.24 bits per heavy atom. The van der Waals surface area contributed by atoms with Crippen LogP contribution in [0.3, 0.4) is 0 Å². The Kier molecular flexibility index (Phi) is 13.2. The molecule has 0 spiro atoms. The molecule has 1 aliphatic rings. The number of aliphatic hydroxyl groups excluding tert-OH is 1. The van der Waals surface area contributed by atoms with E-state index in [9.17, 15) is 18.3 Å². The number of thioether (sulfide) groups is 1. The number of carbonyl (C=O) groups excluding carboxylic acids is 1. The Bertz CT molecular complexity index is 2390. The van der Waals surface area contributed by atoms with E-state index in [1.54, 1.807) is 30.2 Å². The minimum Gasteiger partial charge on any atom is -0.392 e. The van der Waals surface area contributed by atoms with Crippen LogP contribution in [0.2, 0.25) is 0 Å². The molecule has 300 valence electrons. The highest BCUT2D eigenvalue weighted by Gasteiger charge is 2.38. The van der Waals surface area contributed by atoms with Crippen LogP contribution in [0, 0.1) is 12.8 Å². The van der Waals surface area contributed by atoms with Gasteiger partial charge in [-0.2, -0.15) is 4.72 Å². The minimum atomic E-state index is -3.96. The highest BCUT2D eigenvalue weighted by Crippen LogP contribution is 2.43. The molecule has 1 fully saturated rings. The molecule has 1 aromatic heterocycles. The van der Waals surface area contributed by atoms with Gasteiger partial charge in [-0.3, -0.25) is 4.79 Å². The molecule has 6 aromatic rings. The number of nitrogens with zero attached hydrogens (tertiary/aromatic N) is 3. The Balaban J connectivity index is 1.05. The first-order chi connectivity index (χ1) is 28.1. The molecule has 1 saturated heterocycles. The second-order valence-corrected chi connectivity index (χ2v) is 17.3. The maximum Gasteiger partial charge on any atom is 0.241 e. The van der Waals surface area contributed by atoms with Gasteiger partial charge in [-0.05, 0) is 64.9 Å². The lowest BCUT2D eigenvalue weighted by atomic mass is 9.91. The number of ether oxygens (including phenoxy) is 2. The molecule has 1 amide bonds. The highest BCUT2D eigenvalue weighted by atomic mass is 32.2. The van der Waals surface area contributed by atoms with E-state index in [1.165, 1.54) is 12.1 Å². The number of amides is 1. The first kappa shape index (κ1) is 41.0. The van der Waals surface area contributed by atoms with Gasteiger partial charge in [0, 0.05) is 30.8 Å². The average Bonchev–Trinajstić information content (AvgIpc) is 3.66. The van der Waals surface area contributed by atoms with Crippen molar-refractivity contribution in [1.82, 2.24) is 24.8 Å². The molecule has 7 rings (SSSR count). The van der Waals surface area contributed by atoms with E-state index < -0.39 is 28.3 Å². The molecule has 0 aliphatic carbocycles. The summed E-state index contributed by atoms with van der Waals surface area (Å²) in [6.45, 7) is 4.20. The normalized spacial score (nSPS) is 18.8. The van der Waals surface area contributed by atoms with Gasteiger partial charge in [-0.15, -0.1) is 10.2 Å². The smallest absolute Gasteiger partial charge is 0.241 e. The molecule has 58 heavy (non-hydrogen) atoms. The fraction of sp³-hybridized carbons (Fsp3) is 0.267. The molecule has 0 radical (unpaired) electrons. The monoisotopic (exact) mass is 817 g/mol. The number of hydrogen-bond donors (Lipinski definition) is 3. The fourth-order valence-corrected chi connectivity index (χ4v) is 9.13. The number of nitrogens with one attached hydrogen (secondary N) is 2. The summed E-state index contributed by atoms with van der Waals surface area (Å²) in [7, 11) is -2.04. The van der Waals surface area contributed by atoms with E-state index in [4.69, 9.17) is 9.47 Å². The Morgan fingerprint density at radius 2 is 1.55 bits per heavy atom. The van der Waals surface area contributed by atoms with Crippen molar-refractivity contribution in [2.45, 2.75) is 68.0 Å². The minimum absolute atomic E-state index is 0.0257. The molecule has 5 aromatic carbocycles. The van der Waals surface area contributed by atoms with Gasteiger partial charge in [0.25, 0.3) is 0 Å². The molecule has 5 atom stereocenters. The average molecular weight is 818 g/mol. The zero-order chi connectivity index (χ0) is 40.6. The van der Waals surface area contributed by atoms with Crippen LogP contribution in [-0.2, 0) is 50.9 Å². The molecule has 11 nitrogen and oxygen atoms in total. The van der Waals surface area contributed by atoms with Crippen LogP contribution in [0.5, 0.6) is 0 Å². The third-order valence-electron chi connectivity index (χ3n) is 10.3. The number of sulfonamides is 1. The number of rotatable bonds is 15. The van der Waals surface area contributed by atoms with Gasteiger partial charge < -0.3 is 24.5 Å². The van der Waals surface area contributed by atoms with Crippen molar-refractivity contribution in [2.24, 2.45) is 13.0 Å². The third-order valence-corrected chi connectivity index (χ3v) is 12.9. The van der Waals surface area contributed by atoms with Gasteiger partial charge in [0.2, 0.25) is 15.9 Å². The van der Waals surface area contributed by atoms with E-state index in [2.05, 4.69) is 27.2 Å². The summed E-state index contributed by atoms with van der Waals surface area (Å²) in [5, 5.41) is 21.6. The maximum absolute atomic E-state index is 13.6. The largest absolute Gasteiger partial charge is 0.392 e. The topological polar surface area (TPSA) is 145 Å². The number of aromatic nitrogens is 3. The van der Waals surface area contributed by atoms with Crippen molar-refractivity contribution < 1.29 is 27.8 Å². The predicted octanol–water partition coefficient (Wildman–Crippen LogP) is 7.07. The van der Waals surface area contributed by atoms with Crippen molar-refractivity contribution in [1.29, 1.82) is 0 Å².